The molecule has 0 radical (unpaired) electrons. The van der Waals surface area contributed by atoms with Crippen molar-refractivity contribution in [2.24, 2.45) is 0 Å². The van der Waals surface area contributed by atoms with Crippen LogP contribution < -0.4 is 4.74 Å². The average Bonchev–Trinajstić information content (AvgIpc) is 3.21. The molecule has 1 aromatic heterocycles. The summed E-state index contributed by atoms with van der Waals surface area (Å²) in [4.78, 5) is 14.9. The zero-order chi connectivity index (χ0) is 19.5. The first-order chi connectivity index (χ1) is 13.6. The summed E-state index contributed by atoms with van der Waals surface area (Å²) in [6, 6.07) is 16.0. The van der Waals surface area contributed by atoms with Crippen LogP contribution in [-0.2, 0) is 0 Å². The van der Waals surface area contributed by atoms with Gasteiger partial charge in [-0.25, -0.2) is 0 Å². The van der Waals surface area contributed by atoms with Crippen molar-refractivity contribution < 1.29 is 9.53 Å². The summed E-state index contributed by atoms with van der Waals surface area (Å²) < 4.78 is 6.15. The second-order valence-corrected chi connectivity index (χ2v) is 7.38. The minimum Gasteiger partial charge on any atom is -0.490 e. The lowest BCUT2D eigenvalue weighted by molar-refractivity contribution is 0.0596. The van der Waals surface area contributed by atoms with Crippen LogP contribution in [0.2, 0.25) is 0 Å². The molecule has 28 heavy (non-hydrogen) atoms. The fraction of sp³-hybridized carbons (Fsp3) is 0.304. The lowest BCUT2D eigenvalue weighted by Crippen LogP contribution is -2.41. The summed E-state index contributed by atoms with van der Waals surface area (Å²) in [5, 5.41) is 7.07. The van der Waals surface area contributed by atoms with Gasteiger partial charge in [-0.3, -0.25) is 9.89 Å². The van der Waals surface area contributed by atoms with Gasteiger partial charge in [0.2, 0.25) is 0 Å². The van der Waals surface area contributed by atoms with Crippen LogP contribution in [0.1, 0.15) is 34.3 Å². The van der Waals surface area contributed by atoms with E-state index in [0.717, 1.165) is 29.8 Å². The zero-order valence-corrected chi connectivity index (χ0v) is 16.3. The normalized spacial score (nSPS) is 14.9. The molecule has 1 N–H and O–H groups in total. The lowest BCUT2D eigenvalue weighted by atomic mass is 10.0. The first-order valence-corrected chi connectivity index (χ1v) is 9.74. The summed E-state index contributed by atoms with van der Waals surface area (Å²) in [6.07, 6.45) is 3.43. The first kappa shape index (κ1) is 18.3. The highest BCUT2D eigenvalue weighted by molar-refractivity contribution is 5.99. The number of ether oxygens (including phenoxy) is 1. The monoisotopic (exact) mass is 375 g/mol. The third kappa shape index (κ3) is 3.79. The van der Waals surface area contributed by atoms with Gasteiger partial charge in [-0.1, -0.05) is 36.4 Å². The second-order valence-electron chi connectivity index (χ2n) is 7.38. The van der Waals surface area contributed by atoms with Gasteiger partial charge in [0.1, 0.15) is 11.9 Å². The number of carbonyl (C=O) groups is 1. The van der Waals surface area contributed by atoms with E-state index < -0.39 is 0 Å². The minimum absolute atomic E-state index is 0.0252. The van der Waals surface area contributed by atoms with E-state index in [9.17, 15) is 4.79 Å². The van der Waals surface area contributed by atoms with Crippen LogP contribution >= 0.6 is 0 Å². The predicted octanol–water partition coefficient (Wildman–Crippen LogP) is 4.38. The van der Waals surface area contributed by atoms with E-state index in [1.165, 1.54) is 11.1 Å². The second kappa shape index (κ2) is 7.89. The Morgan fingerprint density at radius 1 is 1.07 bits per heavy atom. The summed E-state index contributed by atoms with van der Waals surface area (Å²) >= 11 is 0. The standard InChI is InChI=1S/C23H25N3O2/c1-16-8-9-20(14-17(16)2)28-19-10-12-26(13-11-19)23(27)21-15-24-25-22(21)18-6-4-3-5-7-18/h3-9,14-15,19H,10-13H2,1-2H3,(H,24,25). The molecular weight excluding hydrogens is 350 g/mol. The smallest absolute Gasteiger partial charge is 0.257 e. The van der Waals surface area contributed by atoms with E-state index in [-0.39, 0.29) is 12.0 Å². The number of aryl methyl sites for hydroxylation is 2. The molecule has 144 valence electrons. The van der Waals surface area contributed by atoms with Gasteiger partial charge in [-0.15, -0.1) is 0 Å². The Balaban J connectivity index is 1.40. The number of aromatic amines is 1. The predicted molar refractivity (Wildman–Crippen MR) is 109 cm³/mol. The lowest BCUT2D eigenvalue weighted by Gasteiger charge is -2.32. The van der Waals surface area contributed by atoms with Crippen LogP contribution in [0.5, 0.6) is 5.75 Å². The van der Waals surface area contributed by atoms with Crippen LogP contribution in [0.4, 0.5) is 0 Å². The third-order valence-electron chi connectivity index (χ3n) is 5.44. The maximum atomic E-state index is 13.0. The maximum Gasteiger partial charge on any atom is 0.257 e. The van der Waals surface area contributed by atoms with Crippen LogP contribution in [-0.4, -0.2) is 40.2 Å². The topological polar surface area (TPSA) is 58.2 Å². The highest BCUT2D eigenvalue weighted by Crippen LogP contribution is 2.25. The number of amides is 1. The molecule has 3 aromatic rings. The number of rotatable bonds is 4. The molecule has 5 nitrogen and oxygen atoms in total. The van der Waals surface area contributed by atoms with Gasteiger partial charge in [-0.2, -0.15) is 5.10 Å². The van der Waals surface area contributed by atoms with Gasteiger partial charge < -0.3 is 9.64 Å². The molecule has 0 spiro atoms. The number of benzene rings is 2. The molecule has 2 heterocycles. The molecule has 0 unspecified atom stereocenters. The molecule has 0 aliphatic carbocycles. The summed E-state index contributed by atoms with van der Waals surface area (Å²) in [7, 11) is 0. The van der Waals surface area contributed by atoms with Gasteiger partial charge in [0.15, 0.2) is 0 Å². The summed E-state index contributed by atoms with van der Waals surface area (Å²) in [5.41, 5.74) is 4.87. The molecule has 1 fully saturated rings. The van der Waals surface area contributed by atoms with Gasteiger partial charge >= 0.3 is 0 Å². The molecule has 1 aliphatic rings. The number of piperidine rings is 1. The van der Waals surface area contributed by atoms with Crippen molar-refractivity contribution in [1.82, 2.24) is 15.1 Å². The zero-order valence-electron chi connectivity index (χ0n) is 16.3. The van der Waals surface area contributed by atoms with E-state index >= 15 is 0 Å². The third-order valence-corrected chi connectivity index (χ3v) is 5.44. The molecule has 0 atom stereocenters. The largest absolute Gasteiger partial charge is 0.490 e. The number of H-pyrrole nitrogens is 1. The molecule has 4 rings (SSSR count). The Kier molecular flexibility index (Phi) is 5.15. The van der Waals surface area contributed by atoms with Gasteiger partial charge in [0.25, 0.3) is 5.91 Å². The number of hydrogen-bond donors (Lipinski definition) is 1. The molecular formula is C23H25N3O2. The molecule has 5 heteroatoms. The number of aromatic nitrogens is 2. The SMILES string of the molecule is Cc1ccc(OC2CCN(C(=O)c3cn[nH]c3-c3ccccc3)CC2)cc1C. The number of likely N-dealkylation sites (tertiary alicyclic amines) is 1. The van der Waals surface area contributed by atoms with Crippen LogP contribution in [0, 0.1) is 13.8 Å². The van der Waals surface area contributed by atoms with Crippen LogP contribution in [0.3, 0.4) is 0 Å². The van der Waals surface area contributed by atoms with Crippen molar-refractivity contribution in [3.8, 4) is 17.0 Å². The number of nitrogens with zero attached hydrogens (tertiary/aromatic N) is 2. The van der Waals surface area contributed by atoms with E-state index in [1.54, 1.807) is 6.20 Å². The van der Waals surface area contributed by atoms with Gasteiger partial charge in [0.05, 0.1) is 17.5 Å². The van der Waals surface area contributed by atoms with E-state index in [2.05, 4.69) is 36.2 Å². The van der Waals surface area contributed by atoms with Crippen molar-refractivity contribution in [1.29, 1.82) is 0 Å². The molecule has 2 aromatic carbocycles. The number of nitrogens with one attached hydrogen (secondary N) is 1. The van der Waals surface area contributed by atoms with Crippen LogP contribution in [0.25, 0.3) is 11.3 Å². The van der Waals surface area contributed by atoms with Crippen molar-refractivity contribution in [2.75, 3.05) is 13.1 Å². The Bertz CT molecular complexity index is 957. The molecule has 0 bridgehead atoms. The Morgan fingerprint density at radius 2 is 1.82 bits per heavy atom. The van der Waals surface area contributed by atoms with Crippen molar-refractivity contribution in [3.63, 3.8) is 0 Å². The summed E-state index contributed by atoms with van der Waals surface area (Å²) in [5.74, 6) is 0.936. The van der Waals surface area contributed by atoms with Crippen molar-refractivity contribution >= 4 is 5.91 Å². The maximum absolute atomic E-state index is 13.0. The van der Waals surface area contributed by atoms with E-state index in [0.29, 0.717) is 18.7 Å². The molecule has 1 amide bonds. The molecule has 1 saturated heterocycles. The highest BCUT2D eigenvalue weighted by Gasteiger charge is 2.27. The minimum atomic E-state index is 0.0252. The summed E-state index contributed by atoms with van der Waals surface area (Å²) in [6.45, 7) is 5.57. The first-order valence-electron chi connectivity index (χ1n) is 9.74. The fourth-order valence-corrected chi connectivity index (χ4v) is 3.60. The van der Waals surface area contributed by atoms with Crippen LogP contribution in [0.15, 0.2) is 54.7 Å². The molecule has 0 saturated carbocycles. The Labute approximate surface area is 165 Å². The van der Waals surface area contributed by atoms with Crippen molar-refractivity contribution in [2.45, 2.75) is 32.8 Å². The highest BCUT2D eigenvalue weighted by atomic mass is 16.5. The van der Waals surface area contributed by atoms with Gasteiger partial charge in [-0.05, 0) is 37.1 Å². The molecule has 1 aliphatic heterocycles. The van der Waals surface area contributed by atoms with E-state index in [4.69, 9.17) is 4.74 Å². The number of carbonyl (C=O) groups excluding carboxylic acids is 1. The van der Waals surface area contributed by atoms with E-state index in [1.807, 2.05) is 41.3 Å². The Morgan fingerprint density at radius 3 is 2.54 bits per heavy atom. The van der Waals surface area contributed by atoms with Gasteiger partial charge in [0, 0.05) is 31.5 Å². The number of hydrogen-bond acceptors (Lipinski definition) is 3. The Hall–Kier alpha value is -3.08. The van der Waals surface area contributed by atoms with Crippen molar-refractivity contribution in [3.05, 3.63) is 71.4 Å². The quantitative estimate of drug-likeness (QED) is 0.736. The fourth-order valence-electron chi connectivity index (χ4n) is 3.60. The average molecular weight is 375 g/mol.